The summed E-state index contributed by atoms with van der Waals surface area (Å²) in [5.74, 6) is 0.880. The molecule has 1 aliphatic heterocycles. The number of piperazine rings is 1. The van der Waals surface area contributed by atoms with Crippen LogP contribution < -0.4 is 10.6 Å². The molecule has 0 aliphatic carbocycles. The molecule has 1 atom stereocenters. The van der Waals surface area contributed by atoms with Crippen LogP contribution in [0.3, 0.4) is 0 Å². The predicted molar refractivity (Wildman–Crippen MR) is 110 cm³/mol. The largest absolute Gasteiger partial charge is 0.361 e. The highest BCUT2D eigenvalue weighted by Crippen LogP contribution is 2.17. The molecular weight excluding hydrogens is 324 g/mol. The maximum absolute atomic E-state index is 4.36. The van der Waals surface area contributed by atoms with Gasteiger partial charge in [-0.05, 0) is 32.0 Å². The first-order chi connectivity index (χ1) is 12.7. The minimum absolute atomic E-state index is 0.510. The Morgan fingerprint density at radius 3 is 2.73 bits per heavy atom. The summed E-state index contributed by atoms with van der Waals surface area (Å²) < 4.78 is 0. The lowest BCUT2D eigenvalue weighted by Crippen LogP contribution is -2.52. The first-order valence-electron chi connectivity index (χ1n) is 9.59. The number of rotatable bonds is 6. The zero-order chi connectivity index (χ0) is 18.4. The molecule has 0 spiro atoms. The zero-order valence-corrected chi connectivity index (χ0v) is 16.3. The van der Waals surface area contributed by atoms with Gasteiger partial charge in [0.15, 0.2) is 5.96 Å². The van der Waals surface area contributed by atoms with Gasteiger partial charge in [0.1, 0.15) is 0 Å². The van der Waals surface area contributed by atoms with Crippen LogP contribution in [-0.4, -0.2) is 80.1 Å². The van der Waals surface area contributed by atoms with E-state index in [9.17, 15) is 0 Å². The zero-order valence-electron chi connectivity index (χ0n) is 16.3. The molecule has 1 aromatic heterocycles. The maximum atomic E-state index is 4.36. The van der Waals surface area contributed by atoms with Crippen LogP contribution in [0.15, 0.2) is 35.5 Å². The topological polar surface area (TPSA) is 58.7 Å². The summed E-state index contributed by atoms with van der Waals surface area (Å²) >= 11 is 0. The minimum Gasteiger partial charge on any atom is -0.361 e. The number of hydrogen-bond acceptors (Lipinski definition) is 3. The van der Waals surface area contributed by atoms with E-state index in [4.69, 9.17) is 0 Å². The summed E-state index contributed by atoms with van der Waals surface area (Å²) in [6.45, 7) is 8.67. The molecule has 142 valence electrons. The lowest BCUT2D eigenvalue weighted by Gasteiger charge is -2.36. The van der Waals surface area contributed by atoms with Crippen molar-refractivity contribution in [2.24, 2.45) is 4.99 Å². The van der Waals surface area contributed by atoms with E-state index in [1.54, 1.807) is 0 Å². The maximum Gasteiger partial charge on any atom is 0.191 e. The molecule has 2 heterocycles. The van der Waals surface area contributed by atoms with Crippen molar-refractivity contribution in [3.8, 4) is 0 Å². The number of likely N-dealkylation sites (N-methyl/N-ethyl adjacent to an activating group) is 1. The third-order valence-electron chi connectivity index (χ3n) is 5.31. The average molecular weight is 357 g/mol. The molecule has 1 fully saturated rings. The third kappa shape index (κ3) is 4.77. The number of aliphatic imine (C=N–C) groups is 1. The van der Waals surface area contributed by atoms with Crippen molar-refractivity contribution >= 4 is 16.9 Å². The van der Waals surface area contributed by atoms with Gasteiger partial charge in [-0.2, -0.15) is 0 Å². The fourth-order valence-electron chi connectivity index (χ4n) is 3.51. The summed E-state index contributed by atoms with van der Waals surface area (Å²) in [4.78, 5) is 12.6. The molecule has 0 amide bonds. The lowest BCUT2D eigenvalue weighted by atomic mass is 10.1. The summed E-state index contributed by atoms with van der Waals surface area (Å²) in [7, 11) is 4.03. The summed E-state index contributed by atoms with van der Waals surface area (Å²) in [6.07, 6.45) is 3.08. The molecule has 3 N–H and O–H groups in total. The Balaban J connectivity index is 1.42. The lowest BCUT2D eigenvalue weighted by molar-refractivity contribution is 0.120. The van der Waals surface area contributed by atoms with E-state index >= 15 is 0 Å². The Labute approximate surface area is 156 Å². The SMILES string of the molecule is CN=C(NCCc1c[nH]c2ccccc12)NCC(C)N1CCN(C)CC1. The van der Waals surface area contributed by atoms with Crippen LogP contribution >= 0.6 is 0 Å². The van der Waals surface area contributed by atoms with Crippen LogP contribution in [-0.2, 0) is 6.42 Å². The van der Waals surface area contributed by atoms with E-state index in [0.717, 1.165) is 51.6 Å². The highest BCUT2D eigenvalue weighted by molar-refractivity contribution is 5.83. The number of nitrogens with one attached hydrogen (secondary N) is 3. The van der Waals surface area contributed by atoms with Crippen molar-refractivity contribution in [3.05, 3.63) is 36.0 Å². The summed E-state index contributed by atoms with van der Waals surface area (Å²) in [5, 5.41) is 8.21. The Hall–Kier alpha value is -2.05. The highest BCUT2D eigenvalue weighted by Gasteiger charge is 2.19. The molecule has 1 aliphatic rings. The quantitative estimate of drug-likeness (QED) is 0.542. The smallest absolute Gasteiger partial charge is 0.191 e. The van der Waals surface area contributed by atoms with Gasteiger partial charge >= 0.3 is 0 Å². The van der Waals surface area contributed by atoms with Crippen LogP contribution in [0.5, 0.6) is 0 Å². The van der Waals surface area contributed by atoms with E-state index in [1.807, 2.05) is 7.05 Å². The van der Waals surface area contributed by atoms with E-state index < -0.39 is 0 Å². The number of nitrogens with zero attached hydrogens (tertiary/aromatic N) is 3. The van der Waals surface area contributed by atoms with Gasteiger partial charge in [-0.25, -0.2) is 0 Å². The highest BCUT2D eigenvalue weighted by atomic mass is 15.3. The fourth-order valence-corrected chi connectivity index (χ4v) is 3.51. The van der Waals surface area contributed by atoms with Crippen molar-refractivity contribution in [3.63, 3.8) is 0 Å². The Bertz CT molecular complexity index is 714. The number of para-hydroxylation sites is 1. The van der Waals surface area contributed by atoms with E-state index in [1.165, 1.54) is 16.5 Å². The van der Waals surface area contributed by atoms with Gasteiger partial charge < -0.3 is 20.5 Å². The van der Waals surface area contributed by atoms with Crippen LogP contribution in [0, 0.1) is 0 Å². The number of fused-ring (bicyclic) bond motifs is 1. The van der Waals surface area contributed by atoms with Gasteiger partial charge in [0, 0.05) is 69.5 Å². The molecule has 0 radical (unpaired) electrons. The molecular formula is C20H32N6. The van der Waals surface area contributed by atoms with Crippen molar-refractivity contribution in [2.45, 2.75) is 19.4 Å². The number of hydrogen-bond donors (Lipinski definition) is 3. The second kappa shape index (κ2) is 9.05. The number of aromatic amines is 1. The van der Waals surface area contributed by atoms with E-state index in [-0.39, 0.29) is 0 Å². The van der Waals surface area contributed by atoms with Gasteiger partial charge in [-0.15, -0.1) is 0 Å². The molecule has 0 saturated carbocycles. The Morgan fingerprint density at radius 2 is 1.96 bits per heavy atom. The van der Waals surface area contributed by atoms with Gasteiger partial charge in [-0.1, -0.05) is 18.2 Å². The second-order valence-electron chi connectivity index (χ2n) is 7.18. The Kier molecular flexibility index (Phi) is 6.52. The first kappa shape index (κ1) is 18.7. The third-order valence-corrected chi connectivity index (χ3v) is 5.31. The van der Waals surface area contributed by atoms with Crippen LogP contribution in [0.25, 0.3) is 10.9 Å². The van der Waals surface area contributed by atoms with Gasteiger partial charge in [0.2, 0.25) is 0 Å². The molecule has 6 heteroatoms. The Morgan fingerprint density at radius 1 is 1.19 bits per heavy atom. The average Bonchev–Trinajstić information content (AvgIpc) is 3.08. The van der Waals surface area contributed by atoms with Gasteiger partial charge in [0.25, 0.3) is 0 Å². The van der Waals surface area contributed by atoms with E-state index in [0.29, 0.717) is 6.04 Å². The predicted octanol–water partition coefficient (Wildman–Crippen LogP) is 1.51. The molecule has 1 aromatic carbocycles. The fraction of sp³-hybridized carbons (Fsp3) is 0.550. The van der Waals surface area contributed by atoms with Crippen LogP contribution in [0.4, 0.5) is 0 Å². The standard InChI is InChI=1S/C20H32N6/c1-16(26-12-10-25(3)11-13-26)14-24-20(21-2)22-9-8-17-15-23-19-7-5-4-6-18(17)19/h4-7,15-16,23H,8-14H2,1-3H3,(H2,21,22,24). The van der Waals surface area contributed by atoms with Gasteiger partial charge in [0.05, 0.1) is 0 Å². The minimum atomic E-state index is 0.510. The first-order valence-corrected chi connectivity index (χ1v) is 9.59. The van der Waals surface area contributed by atoms with E-state index in [2.05, 4.69) is 74.8 Å². The molecule has 1 unspecified atom stereocenters. The van der Waals surface area contributed by atoms with Crippen LogP contribution in [0.1, 0.15) is 12.5 Å². The van der Waals surface area contributed by atoms with Crippen molar-refractivity contribution < 1.29 is 0 Å². The molecule has 2 aromatic rings. The monoisotopic (exact) mass is 356 g/mol. The van der Waals surface area contributed by atoms with Crippen molar-refractivity contribution in [1.82, 2.24) is 25.4 Å². The molecule has 3 rings (SSSR count). The second-order valence-corrected chi connectivity index (χ2v) is 7.18. The van der Waals surface area contributed by atoms with Crippen molar-refractivity contribution in [1.29, 1.82) is 0 Å². The van der Waals surface area contributed by atoms with Crippen LogP contribution in [0.2, 0.25) is 0 Å². The normalized spacial score (nSPS) is 18.2. The molecule has 1 saturated heterocycles. The number of H-pyrrole nitrogens is 1. The molecule has 0 bridgehead atoms. The molecule has 6 nitrogen and oxygen atoms in total. The van der Waals surface area contributed by atoms with Gasteiger partial charge in [-0.3, -0.25) is 9.89 Å². The summed E-state index contributed by atoms with van der Waals surface area (Å²) in [5.41, 5.74) is 2.54. The number of guanidine groups is 1. The number of aromatic nitrogens is 1. The van der Waals surface area contributed by atoms with Crippen molar-refractivity contribution in [2.75, 3.05) is 53.4 Å². The molecule has 26 heavy (non-hydrogen) atoms. The summed E-state index contributed by atoms with van der Waals surface area (Å²) in [6, 6.07) is 8.95. The number of benzene rings is 1.